The van der Waals surface area contributed by atoms with Gasteiger partial charge in [-0.15, -0.1) is 0 Å². The number of carbonyl (C=O) groups is 1. The molecular formula is C40H70NO12P. The summed E-state index contributed by atoms with van der Waals surface area (Å²) in [5, 5.41) is 74.0. The van der Waals surface area contributed by atoms with Crippen LogP contribution < -0.4 is 5.32 Å². The summed E-state index contributed by atoms with van der Waals surface area (Å²) < 4.78 is 22.7. The summed E-state index contributed by atoms with van der Waals surface area (Å²) in [5.74, 6) is -0.626. The molecule has 1 aliphatic rings. The van der Waals surface area contributed by atoms with E-state index in [-0.39, 0.29) is 6.42 Å². The lowest BCUT2D eigenvalue weighted by molar-refractivity contribution is -0.220. The molecule has 1 saturated carbocycles. The van der Waals surface area contributed by atoms with Crippen molar-refractivity contribution in [1.29, 1.82) is 0 Å². The van der Waals surface area contributed by atoms with E-state index in [9.17, 15) is 50.0 Å². The molecule has 1 fully saturated rings. The van der Waals surface area contributed by atoms with E-state index in [4.69, 9.17) is 9.05 Å². The van der Waals surface area contributed by atoms with Crippen LogP contribution in [0.25, 0.3) is 0 Å². The number of amides is 1. The van der Waals surface area contributed by atoms with Crippen molar-refractivity contribution in [3.05, 3.63) is 60.8 Å². The Morgan fingerprint density at radius 1 is 0.667 bits per heavy atom. The van der Waals surface area contributed by atoms with Crippen LogP contribution in [0, 0.1) is 0 Å². The highest BCUT2D eigenvalue weighted by Crippen LogP contribution is 2.47. The summed E-state index contributed by atoms with van der Waals surface area (Å²) in [6.07, 6.45) is 20.5. The number of hydrogen-bond donors (Lipinski definition) is 9. The molecule has 14 heteroatoms. The second-order valence-corrected chi connectivity index (χ2v) is 15.4. The lowest BCUT2D eigenvalue weighted by atomic mass is 9.85. The highest BCUT2D eigenvalue weighted by molar-refractivity contribution is 7.47. The van der Waals surface area contributed by atoms with Gasteiger partial charge >= 0.3 is 7.82 Å². The topological polar surface area (TPSA) is 226 Å². The van der Waals surface area contributed by atoms with Crippen molar-refractivity contribution in [2.45, 2.75) is 178 Å². The van der Waals surface area contributed by atoms with Gasteiger partial charge in [0.2, 0.25) is 5.91 Å². The Bertz CT molecular complexity index is 1160. The van der Waals surface area contributed by atoms with Gasteiger partial charge < -0.3 is 46.0 Å². The Balaban J connectivity index is 2.69. The number of aliphatic hydroxyl groups excluding tert-OH is 7. The van der Waals surface area contributed by atoms with Gasteiger partial charge in [-0.3, -0.25) is 13.8 Å². The number of hydrogen-bond acceptors (Lipinski definition) is 11. The molecule has 312 valence electrons. The number of phosphoric ester groups is 1. The minimum Gasteiger partial charge on any atom is -0.393 e. The molecule has 0 bridgehead atoms. The van der Waals surface area contributed by atoms with Gasteiger partial charge in [-0.05, 0) is 64.2 Å². The third-order valence-corrected chi connectivity index (χ3v) is 10.0. The van der Waals surface area contributed by atoms with Gasteiger partial charge in [0.25, 0.3) is 0 Å². The average Bonchev–Trinajstić information content (AvgIpc) is 3.14. The minimum absolute atomic E-state index is 0.273. The van der Waals surface area contributed by atoms with Crippen molar-refractivity contribution in [2.24, 2.45) is 0 Å². The maximum atomic E-state index is 12.9. The van der Waals surface area contributed by atoms with Crippen LogP contribution in [0.4, 0.5) is 0 Å². The molecule has 0 aromatic heterocycles. The normalized spacial score (nSPS) is 25.3. The standard InChI is InChI=1S/C40H70NO12P/c1-3-5-7-9-11-13-15-16-18-19-21-23-25-27-31(42)29-34(44)41-32(33(43)28-26-24-22-20-17-14-12-10-8-6-4-2)30-52-54(50,51)53-40-38(48)36(46)35(45)37(47)39(40)49/h8,10-11,13,15-17,20,26,28,31-33,35-40,42-43,45-49H,3-7,9,12,14,18-19,21-25,27,29-30H2,1-2H3,(H,41,44)(H,50,51)/b10-8+,13-11-,16-15-,20-17+,28-26+. The van der Waals surface area contributed by atoms with Gasteiger partial charge in [0.15, 0.2) is 0 Å². The summed E-state index contributed by atoms with van der Waals surface area (Å²) in [6, 6.07) is -1.27. The molecule has 9 N–H and O–H groups in total. The third-order valence-electron chi connectivity index (χ3n) is 9.06. The average molecular weight is 788 g/mol. The summed E-state index contributed by atoms with van der Waals surface area (Å²) in [6.45, 7) is 3.56. The first-order valence-electron chi connectivity index (χ1n) is 19.8. The Morgan fingerprint density at radius 3 is 1.76 bits per heavy atom. The molecule has 0 heterocycles. The number of allylic oxidation sites excluding steroid dienone is 9. The van der Waals surface area contributed by atoms with E-state index in [0.29, 0.717) is 19.3 Å². The smallest absolute Gasteiger partial charge is 0.393 e. The van der Waals surface area contributed by atoms with Gasteiger partial charge in [-0.1, -0.05) is 113 Å². The van der Waals surface area contributed by atoms with Crippen molar-refractivity contribution in [1.82, 2.24) is 5.32 Å². The largest absolute Gasteiger partial charge is 0.472 e. The predicted molar refractivity (Wildman–Crippen MR) is 210 cm³/mol. The van der Waals surface area contributed by atoms with Crippen molar-refractivity contribution >= 4 is 13.7 Å². The van der Waals surface area contributed by atoms with Crippen LogP contribution in [0.1, 0.15) is 123 Å². The number of nitrogens with one attached hydrogen (secondary N) is 1. The van der Waals surface area contributed by atoms with Gasteiger partial charge in [-0.2, -0.15) is 0 Å². The summed E-state index contributed by atoms with van der Waals surface area (Å²) in [7, 11) is -5.15. The molecule has 13 nitrogen and oxygen atoms in total. The van der Waals surface area contributed by atoms with Crippen LogP contribution in [-0.2, 0) is 18.4 Å². The molecule has 0 spiro atoms. The van der Waals surface area contributed by atoms with Gasteiger partial charge in [0.05, 0.1) is 31.3 Å². The Morgan fingerprint density at radius 2 is 1.19 bits per heavy atom. The molecule has 1 rings (SSSR count). The van der Waals surface area contributed by atoms with Crippen molar-refractivity contribution in [3.8, 4) is 0 Å². The molecule has 0 aromatic carbocycles. The molecule has 0 radical (unpaired) electrons. The van der Waals surface area contributed by atoms with Crippen molar-refractivity contribution in [2.75, 3.05) is 6.61 Å². The fourth-order valence-corrected chi connectivity index (χ4v) is 6.70. The molecule has 8 unspecified atom stereocenters. The maximum absolute atomic E-state index is 12.9. The summed E-state index contributed by atoms with van der Waals surface area (Å²) >= 11 is 0. The zero-order chi connectivity index (χ0) is 40.2. The van der Waals surface area contributed by atoms with E-state index < -0.39 is 75.2 Å². The van der Waals surface area contributed by atoms with E-state index in [1.807, 2.05) is 6.08 Å². The van der Waals surface area contributed by atoms with Gasteiger partial charge in [-0.25, -0.2) is 4.57 Å². The van der Waals surface area contributed by atoms with Crippen LogP contribution in [-0.4, -0.2) is 108 Å². The number of carbonyl (C=O) groups excluding carboxylic acids is 1. The molecule has 0 aliphatic heterocycles. The van der Waals surface area contributed by atoms with E-state index in [2.05, 4.69) is 61.7 Å². The number of phosphoric acid groups is 1. The molecule has 8 atom stereocenters. The van der Waals surface area contributed by atoms with Crippen LogP contribution in [0.15, 0.2) is 60.8 Å². The van der Waals surface area contributed by atoms with Crippen LogP contribution >= 0.6 is 7.82 Å². The Kier molecular flexibility index (Phi) is 28.0. The third kappa shape index (κ3) is 22.5. The fourth-order valence-electron chi connectivity index (χ4n) is 5.74. The second kappa shape index (κ2) is 30.2. The minimum atomic E-state index is -5.15. The van der Waals surface area contributed by atoms with Gasteiger partial charge in [0.1, 0.15) is 36.6 Å². The zero-order valence-corrected chi connectivity index (χ0v) is 33.2. The predicted octanol–water partition coefficient (Wildman–Crippen LogP) is 4.97. The van der Waals surface area contributed by atoms with E-state index in [1.165, 1.54) is 25.3 Å². The number of unbranched alkanes of at least 4 members (excludes halogenated alkanes) is 10. The second-order valence-electron chi connectivity index (χ2n) is 14.0. The SMILES string of the molecule is CCC/C=C/CC/C=C/CC/C=C/C(O)C(COP(=O)(O)OC1C(O)C(O)C(O)C(O)C1O)NC(=O)CC(O)CCCCCC/C=C\C=C/CCCCC. The van der Waals surface area contributed by atoms with Crippen molar-refractivity contribution < 1.29 is 59.0 Å². The van der Waals surface area contributed by atoms with Crippen molar-refractivity contribution in [3.63, 3.8) is 0 Å². The Labute approximate surface area is 322 Å². The summed E-state index contributed by atoms with van der Waals surface area (Å²) in [4.78, 5) is 23.3. The first kappa shape index (κ1) is 50.0. The quantitative estimate of drug-likeness (QED) is 0.0204. The van der Waals surface area contributed by atoms with E-state index in [1.54, 1.807) is 6.08 Å². The van der Waals surface area contributed by atoms with Crippen LogP contribution in [0.3, 0.4) is 0 Å². The molecule has 0 saturated heterocycles. The van der Waals surface area contributed by atoms with Gasteiger partial charge in [0, 0.05) is 0 Å². The first-order chi connectivity index (χ1) is 25.8. The van der Waals surface area contributed by atoms with E-state index in [0.717, 1.165) is 64.2 Å². The molecule has 1 amide bonds. The summed E-state index contributed by atoms with van der Waals surface area (Å²) in [5.41, 5.74) is 0. The first-order valence-corrected chi connectivity index (χ1v) is 21.3. The Hall–Kier alpha value is -2.00. The number of aliphatic hydroxyl groups is 7. The zero-order valence-electron chi connectivity index (χ0n) is 32.4. The highest BCUT2D eigenvalue weighted by Gasteiger charge is 2.51. The molecule has 54 heavy (non-hydrogen) atoms. The van der Waals surface area contributed by atoms with Crippen LogP contribution in [0.2, 0.25) is 0 Å². The van der Waals surface area contributed by atoms with Crippen LogP contribution in [0.5, 0.6) is 0 Å². The lowest BCUT2D eigenvalue weighted by Gasteiger charge is -2.41. The van der Waals surface area contributed by atoms with E-state index >= 15 is 0 Å². The maximum Gasteiger partial charge on any atom is 0.472 e. The molecule has 0 aromatic rings. The monoisotopic (exact) mass is 787 g/mol. The lowest BCUT2D eigenvalue weighted by Crippen LogP contribution is -2.64. The molecule has 1 aliphatic carbocycles. The molecular weight excluding hydrogens is 717 g/mol. The highest BCUT2D eigenvalue weighted by atomic mass is 31.2. The number of rotatable bonds is 30. The fraction of sp³-hybridized carbons (Fsp3) is 0.725.